The summed E-state index contributed by atoms with van der Waals surface area (Å²) in [5, 5.41) is 0.811. The van der Waals surface area contributed by atoms with Gasteiger partial charge in [-0.25, -0.2) is 0 Å². The Morgan fingerprint density at radius 3 is 2.11 bits per heavy atom. The molecule has 1 aromatic carbocycles. The van der Waals surface area contributed by atoms with Crippen LogP contribution in [0.25, 0.3) is 5.57 Å². The standard InChI is InChI=1S/C16H24ClN/c1-10(2)16(11(3)4)14(9-18)13-6-7-15(17)12(5)8-13/h6-8,10-11H,9,18H2,1-5H3. The van der Waals surface area contributed by atoms with Gasteiger partial charge in [-0.05, 0) is 41.5 Å². The van der Waals surface area contributed by atoms with E-state index in [9.17, 15) is 0 Å². The van der Waals surface area contributed by atoms with Gasteiger partial charge in [-0.2, -0.15) is 0 Å². The lowest BCUT2D eigenvalue weighted by Crippen LogP contribution is -2.12. The molecule has 1 rings (SSSR count). The lowest BCUT2D eigenvalue weighted by atomic mass is 9.85. The van der Waals surface area contributed by atoms with Crippen LogP contribution in [-0.4, -0.2) is 6.54 Å². The van der Waals surface area contributed by atoms with E-state index in [-0.39, 0.29) is 0 Å². The summed E-state index contributed by atoms with van der Waals surface area (Å²) in [7, 11) is 0. The smallest absolute Gasteiger partial charge is 0.0435 e. The Hall–Kier alpha value is -0.790. The van der Waals surface area contributed by atoms with Crippen molar-refractivity contribution in [3.8, 4) is 0 Å². The molecule has 0 unspecified atom stereocenters. The van der Waals surface area contributed by atoms with Gasteiger partial charge >= 0.3 is 0 Å². The fraction of sp³-hybridized carbons (Fsp3) is 0.500. The number of hydrogen-bond donors (Lipinski definition) is 1. The van der Waals surface area contributed by atoms with Crippen molar-refractivity contribution in [2.45, 2.75) is 34.6 Å². The molecule has 2 N–H and O–H groups in total. The van der Waals surface area contributed by atoms with Gasteiger partial charge in [-0.3, -0.25) is 0 Å². The monoisotopic (exact) mass is 265 g/mol. The summed E-state index contributed by atoms with van der Waals surface area (Å²) >= 11 is 6.09. The average Bonchev–Trinajstić information content (AvgIpc) is 2.28. The lowest BCUT2D eigenvalue weighted by Gasteiger charge is -2.22. The van der Waals surface area contributed by atoms with E-state index in [4.69, 9.17) is 17.3 Å². The number of aryl methyl sites for hydroxylation is 1. The number of rotatable bonds is 4. The molecule has 0 amide bonds. The molecule has 100 valence electrons. The summed E-state index contributed by atoms with van der Waals surface area (Å²) in [4.78, 5) is 0. The summed E-state index contributed by atoms with van der Waals surface area (Å²) < 4.78 is 0. The predicted molar refractivity (Wildman–Crippen MR) is 81.8 cm³/mol. The molecule has 0 aliphatic heterocycles. The maximum atomic E-state index is 6.09. The van der Waals surface area contributed by atoms with Crippen LogP contribution in [-0.2, 0) is 0 Å². The van der Waals surface area contributed by atoms with Crippen LogP contribution >= 0.6 is 11.6 Å². The highest BCUT2D eigenvalue weighted by Gasteiger charge is 2.15. The van der Waals surface area contributed by atoms with Crippen LogP contribution in [0.1, 0.15) is 38.8 Å². The molecule has 0 heterocycles. The molecular weight excluding hydrogens is 242 g/mol. The molecule has 1 aromatic rings. The quantitative estimate of drug-likeness (QED) is 0.841. The molecule has 0 fully saturated rings. The minimum absolute atomic E-state index is 0.513. The van der Waals surface area contributed by atoms with Crippen LogP contribution in [0.5, 0.6) is 0 Å². The van der Waals surface area contributed by atoms with Gasteiger partial charge in [-0.15, -0.1) is 0 Å². The van der Waals surface area contributed by atoms with E-state index < -0.39 is 0 Å². The van der Waals surface area contributed by atoms with E-state index >= 15 is 0 Å². The van der Waals surface area contributed by atoms with Crippen LogP contribution < -0.4 is 5.73 Å². The van der Waals surface area contributed by atoms with E-state index in [1.807, 2.05) is 13.0 Å². The first-order chi connectivity index (χ1) is 8.38. The maximum Gasteiger partial charge on any atom is 0.0435 e. The largest absolute Gasteiger partial charge is 0.326 e. The van der Waals surface area contributed by atoms with Crippen molar-refractivity contribution in [3.05, 3.63) is 39.9 Å². The zero-order valence-corrected chi connectivity index (χ0v) is 12.8. The van der Waals surface area contributed by atoms with Crippen molar-refractivity contribution in [3.63, 3.8) is 0 Å². The van der Waals surface area contributed by atoms with Crippen LogP contribution in [0.3, 0.4) is 0 Å². The Morgan fingerprint density at radius 1 is 1.17 bits per heavy atom. The molecule has 0 saturated heterocycles. The highest BCUT2D eigenvalue weighted by Crippen LogP contribution is 2.30. The molecule has 0 saturated carbocycles. The molecule has 0 spiro atoms. The van der Waals surface area contributed by atoms with E-state index in [2.05, 4.69) is 39.8 Å². The molecule has 0 aromatic heterocycles. The summed E-state index contributed by atoms with van der Waals surface area (Å²) in [5.41, 5.74) is 11.0. The van der Waals surface area contributed by atoms with Crippen molar-refractivity contribution >= 4 is 17.2 Å². The zero-order chi connectivity index (χ0) is 13.9. The normalized spacial score (nSPS) is 11.2. The van der Waals surface area contributed by atoms with Crippen molar-refractivity contribution in [2.75, 3.05) is 6.54 Å². The molecule has 0 bridgehead atoms. The minimum atomic E-state index is 0.513. The van der Waals surface area contributed by atoms with Gasteiger partial charge in [0, 0.05) is 11.6 Å². The van der Waals surface area contributed by atoms with Crippen LogP contribution in [0, 0.1) is 18.8 Å². The van der Waals surface area contributed by atoms with Crippen LogP contribution in [0.4, 0.5) is 0 Å². The number of allylic oxidation sites excluding steroid dienone is 1. The van der Waals surface area contributed by atoms with Gasteiger partial charge in [0.25, 0.3) is 0 Å². The molecule has 18 heavy (non-hydrogen) atoms. The molecule has 1 nitrogen and oxygen atoms in total. The lowest BCUT2D eigenvalue weighted by molar-refractivity contribution is 0.627. The first kappa shape index (κ1) is 15.3. The first-order valence-electron chi connectivity index (χ1n) is 6.58. The third kappa shape index (κ3) is 3.37. The Kier molecular flexibility index (Phi) is 5.43. The second-order valence-electron chi connectivity index (χ2n) is 5.41. The molecule has 2 heteroatoms. The number of halogens is 1. The molecular formula is C16H24ClN. The van der Waals surface area contributed by atoms with Crippen molar-refractivity contribution in [1.29, 1.82) is 0 Å². The minimum Gasteiger partial charge on any atom is -0.326 e. The van der Waals surface area contributed by atoms with Gasteiger partial charge in [-0.1, -0.05) is 57.0 Å². The van der Waals surface area contributed by atoms with E-state index in [1.54, 1.807) is 0 Å². The van der Waals surface area contributed by atoms with Gasteiger partial charge in [0.05, 0.1) is 0 Å². The van der Waals surface area contributed by atoms with Crippen molar-refractivity contribution < 1.29 is 0 Å². The van der Waals surface area contributed by atoms with Gasteiger partial charge in [0.2, 0.25) is 0 Å². The van der Waals surface area contributed by atoms with Crippen molar-refractivity contribution in [1.82, 2.24) is 0 Å². The summed E-state index contributed by atoms with van der Waals surface area (Å²) in [6, 6.07) is 6.16. The average molecular weight is 266 g/mol. The second kappa shape index (κ2) is 6.40. The summed E-state index contributed by atoms with van der Waals surface area (Å²) in [6.07, 6.45) is 0. The molecule has 0 radical (unpaired) electrons. The molecule has 0 atom stereocenters. The van der Waals surface area contributed by atoms with E-state index in [1.165, 1.54) is 16.7 Å². The zero-order valence-electron chi connectivity index (χ0n) is 12.0. The van der Waals surface area contributed by atoms with Crippen LogP contribution in [0.15, 0.2) is 23.8 Å². The number of nitrogens with two attached hydrogens (primary N) is 1. The first-order valence-corrected chi connectivity index (χ1v) is 6.95. The third-order valence-electron chi connectivity index (χ3n) is 3.30. The summed E-state index contributed by atoms with van der Waals surface area (Å²) in [6.45, 7) is 11.5. The number of benzene rings is 1. The Morgan fingerprint density at radius 2 is 1.72 bits per heavy atom. The van der Waals surface area contributed by atoms with Crippen molar-refractivity contribution in [2.24, 2.45) is 17.6 Å². The third-order valence-corrected chi connectivity index (χ3v) is 3.73. The van der Waals surface area contributed by atoms with Gasteiger partial charge < -0.3 is 5.73 Å². The SMILES string of the molecule is Cc1cc(C(CN)=C(C(C)C)C(C)C)ccc1Cl. The Bertz CT molecular complexity index is 434. The fourth-order valence-electron chi connectivity index (χ4n) is 2.60. The highest BCUT2D eigenvalue weighted by atomic mass is 35.5. The Labute approximate surface area is 116 Å². The molecule has 0 aliphatic rings. The predicted octanol–water partition coefficient (Wildman–Crippen LogP) is 4.67. The topological polar surface area (TPSA) is 26.0 Å². The second-order valence-corrected chi connectivity index (χ2v) is 5.82. The molecule has 0 aliphatic carbocycles. The Balaban J connectivity index is 3.38. The van der Waals surface area contributed by atoms with E-state index in [0.29, 0.717) is 18.4 Å². The maximum absolute atomic E-state index is 6.09. The fourth-order valence-corrected chi connectivity index (χ4v) is 2.72. The van der Waals surface area contributed by atoms with Gasteiger partial charge in [0.15, 0.2) is 0 Å². The van der Waals surface area contributed by atoms with E-state index in [0.717, 1.165) is 10.6 Å². The van der Waals surface area contributed by atoms with Crippen LogP contribution in [0.2, 0.25) is 5.02 Å². The van der Waals surface area contributed by atoms with Gasteiger partial charge in [0.1, 0.15) is 0 Å². The summed E-state index contributed by atoms with van der Waals surface area (Å²) in [5.74, 6) is 1.03. The highest BCUT2D eigenvalue weighted by molar-refractivity contribution is 6.31. The number of hydrogen-bond acceptors (Lipinski definition) is 1.